The minimum Gasteiger partial charge on any atom is -1.00 e. The first-order valence-electron chi connectivity index (χ1n) is 2.78. The van der Waals surface area contributed by atoms with Crippen molar-refractivity contribution < 1.29 is 17.5 Å². The van der Waals surface area contributed by atoms with Crippen LogP contribution in [0.4, 0.5) is 0 Å². The Kier molecular flexibility index (Phi) is 10.3. The van der Waals surface area contributed by atoms with Gasteiger partial charge in [0.25, 0.3) is 0 Å². The van der Waals surface area contributed by atoms with Crippen LogP contribution < -0.4 is 0 Å². The Morgan fingerprint density at radius 3 is 2.64 bits per heavy atom. The van der Waals surface area contributed by atoms with Crippen molar-refractivity contribution in [3.63, 3.8) is 0 Å². The van der Waals surface area contributed by atoms with Gasteiger partial charge in [0.1, 0.15) is 0 Å². The minimum atomic E-state index is -1.02. The van der Waals surface area contributed by atoms with Crippen molar-refractivity contribution in [2.24, 2.45) is 0 Å². The van der Waals surface area contributed by atoms with Gasteiger partial charge in [-0.05, 0) is 0 Å². The van der Waals surface area contributed by atoms with Crippen LogP contribution >= 0.6 is 0 Å². The summed E-state index contributed by atoms with van der Waals surface area (Å²) in [6.45, 7) is 7.08. The summed E-state index contributed by atoms with van der Waals surface area (Å²) in [5, 5.41) is 8.28. The number of ether oxygens (including phenoxy) is 1. The molecule has 4 heteroatoms. The van der Waals surface area contributed by atoms with Gasteiger partial charge < -0.3 is 12.7 Å². The van der Waals surface area contributed by atoms with Gasteiger partial charge in [0.2, 0.25) is 0 Å². The van der Waals surface area contributed by atoms with Crippen LogP contribution in [0, 0.1) is 0 Å². The van der Waals surface area contributed by atoms with E-state index in [4.69, 9.17) is 9.84 Å². The summed E-state index contributed by atoms with van der Waals surface area (Å²) in [6, 6.07) is 0. The summed E-state index contributed by atoms with van der Waals surface area (Å²) in [4.78, 5) is 10.1. The predicted octanol–water partition coefficient (Wildman–Crippen LogP) is 0.674. The third kappa shape index (κ3) is 8.07. The molecule has 0 rings (SSSR count). The molecule has 0 fully saturated rings. The summed E-state index contributed by atoms with van der Waals surface area (Å²) in [5.41, 5.74) is 0.0573. The van der Waals surface area contributed by atoms with E-state index in [0.717, 1.165) is 0 Å². The normalized spacial score (nSPS) is 8.00. The van der Waals surface area contributed by atoms with Crippen LogP contribution in [0.1, 0.15) is 2.85 Å². The fourth-order valence-electron chi connectivity index (χ4n) is 0.327. The van der Waals surface area contributed by atoms with Crippen LogP contribution in [0.3, 0.4) is 0 Å². The molecule has 60 valence electrons. The van der Waals surface area contributed by atoms with E-state index in [1.165, 1.54) is 0 Å². The first-order chi connectivity index (χ1) is 4.68. The van der Waals surface area contributed by atoms with Crippen molar-refractivity contribution in [1.82, 2.24) is 0 Å². The van der Waals surface area contributed by atoms with Gasteiger partial charge in [-0.2, -0.15) is 0 Å². The van der Waals surface area contributed by atoms with Crippen molar-refractivity contribution >= 4 is 43.7 Å². The number of rotatable bonds is 5. The van der Waals surface area contributed by atoms with E-state index in [-0.39, 0.29) is 52.8 Å². The van der Waals surface area contributed by atoms with Crippen molar-refractivity contribution in [2.45, 2.75) is 0 Å². The minimum absolute atomic E-state index is 0. The first kappa shape index (κ1) is 13.7. The van der Waals surface area contributed by atoms with E-state index in [1.807, 2.05) is 0 Å². The van der Waals surface area contributed by atoms with Crippen molar-refractivity contribution in [1.29, 1.82) is 0 Å². The summed E-state index contributed by atoms with van der Waals surface area (Å²) in [7, 11) is 0. The Morgan fingerprint density at radius 2 is 2.27 bits per heavy atom. The van der Waals surface area contributed by atoms with Crippen LogP contribution in [-0.4, -0.2) is 62.0 Å². The topological polar surface area (TPSA) is 46.5 Å². The second-order valence-electron chi connectivity index (χ2n) is 1.71. The molecule has 0 aromatic heterocycles. The molecule has 0 unspecified atom stereocenters. The number of aliphatic carboxylic acids is 1. The molecule has 0 saturated carbocycles. The molecule has 0 aliphatic carbocycles. The fourth-order valence-corrected chi connectivity index (χ4v) is 0.327. The van der Waals surface area contributed by atoms with Gasteiger partial charge in [0.15, 0.2) is 0 Å². The Morgan fingerprint density at radius 1 is 1.73 bits per heavy atom. The zero-order chi connectivity index (χ0) is 7.98. The smallest absolute Gasteiger partial charge is 1.00 e. The second-order valence-corrected chi connectivity index (χ2v) is 1.71. The molecular weight excluding hydrogens is 172 g/mol. The Bertz CT molecular complexity index is 162. The Balaban J connectivity index is -0.000000135. The number of carbonyl (C=O) groups is 1. The van der Waals surface area contributed by atoms with Crippen molar-refractivity contribution in [3.8, 4) is 0 Å². The summed E-state index contributed by atoms with van der Waals surface area (Å²) in [6.07, 6.45) is 1.55. The molecule has 0 spiro atoms. The van der Waals surface area contributed by atoms with E-state index < -0.39 is 5.97 Å². The molecule has 0 aromatic rings. The van der Waals surface area contributed by atoms with E-state index in [0.29, 0.717) is 6.61 Å². The Hall–Kier alpha value is 0.170. The zero-order valence-electron chi connectivity index (χ0n) is 8.38. The molecule has 0 aromatic carbocycles. The third-order valence-electron chi connectivity index (χ3n) is 0.814. The van der Waals surface area contributed by atoms with Gasteiger partial charge in [-0.15, -0.1) is 6.58 Å². The van der Waals surface area contributed by atoms with Gasteiger partial charge >= 0.3 is 43.7 Å². The van der Waals surface area contributed by atoms with E-state index in [1.54, 1.807) is 6.08 Å². The van der Waals surface area contributed by atoms with Crippen molar-refractivity contribution in [2.75, 3.05) is 13.2 Å². The molecule has 0 heterocycles. The molecule has 0 radical (unpaired) electrons. The average Bonchev–Trinajstić information content (AvgIpc) is 1.88. The van der Waals surface area contributed by atoms with Crippen LogP contribution in [0.25, 0.3) is 0 Å². The van der Waals surface area contributed by atoms with Gasteiger partial charge in [-0.3, -0.25) is 0 Å². The molecule has 0 saturated heterocycles. The maximum atomic E-state index is 10.1. The molecule has 0 bridgehead atoms. The quantitative estimate of drug-likeness (QED) is 0.296. The molecule has 0 aliphatic rings. The van der Waals surface area contributed by atoms with Gasteiger partial charge in [-0.25, -0.2) is 4.79 Å². The fraction of sp³-hybridized carbons (Fsp3) is 0.286. The summed E-state index contributed by atoms with van der Waals surface area (Å²) < 4.78 is 4.81. The SMILES string of the molecule is C=CCOCC(=C)C(=O)O.[Ca+2].[H-].[H-]. The molecular formula is C7H12CaO3. The summed E-state index contributed by atoms with van der Waals surface area (Å²) in [5.74, 6) is -1.02. The molecule has 11 heavy (non-hydrogen) atoms. The maximum Gasteiger partial charge on any atom is 2.00 e. The van der Waals surface area contributed by atoms with Gasteiger partial charge in [-0.1, -0.05) is 12.7 Å². The maximum absolute atomic E-state index is 10.1. The third-order valence-corrected chi connectivity index (χ3v) is 0.814. The van der Waals surface area contributed by atoms with E-state index in [2.05, 4.69) is 13.2 Å². The molecule has 0 amide bonds. The second kappa shape index (κ2) is 8.27. The standard InChI is InChI=1S/C7H10O3.Ca.2H/c1-3-4-10-5-6(2)7(8)9;;;/h3H,1-2,4-5H2,(H,8,9);;;/q;+2;2*-1. The number of hydrogen-bond acceptors (Lipinski definition) is 2. The number of hydrogen-bond donors (Lipinski definition) is 1. The van der Waals surface area contributed by atoms with Gasteiger partial charge in [0, 0.05) is 0 Å². The molecule has 3 nitrogen and oxygen atoms in total. The number of carboxylic acids is 1. The van der Waals surface area contributed by atoms with Crippen LogP contribution in [0.5, 0.6) is 0 Å². The van der Waals surface area contributed by atoms with Crippen LogP contribution in [0.15, 0.2) is 24.8 Å². The predicted molar refractivity (Wildman–Crippen MR) is 45.8 cm³/mol. The number of carboxylic acid groups (broad SMARTS) is 1. The van der Waals surface area contributed by atoms with Crippen LogP contribution in [-0.2, 0) is 9.53 Å². The molecule has 0 aliphatic heterocycles. The largest absolute Gasteiger partial charge is 2.00 e. The van der Waals surface area contributed by atoms with E-state index >= 15 is 0 Å². The zero-order valence-corrected chi connectivity index (χ0v) is 8.58. The average molecular weight is 184 g/mol. The first-order valence-corrected chi connectivity index (χ1v) is 2.78. The Labute approximate surface area is 98.7 Å². The molecule has 1 N–H and O–H groups in total. The van der Waals surface area contributed by atoms with Crippen molar-refractivity contribution in [3.05, 3.63) is 24.8 Å². The summed E-state index contributed by atoms with van der Waals surface area (Å²) >= 11 is 0. The van der Waals surface area contributed by atoms with Gasteiger partial charge in [0.05, 0.1) is 18.8 Å². The van der Waals surface area contributed by atoms with Crippen LogP contribution in [0.2, 0.25) is 0 Å². The monoisotopic (exact) mass is 184 g/mol. The van der Waals surface area contributed by atoms with E-state index in [9.17, 15) is 4.79 Å². The molecule has 0 atom stereocenters.